The number of rotatable bonds is 3. The van der Waals surface area contributed by atoms with E-state index in [4.69, 9.17) is 20.0 Å². The predicted octanol–water partition coefficient (Wildman–Crippen LogP) is 3.90. The molecule has 0 amide bonds. The molecule has 13 heteroatoms. The Hall–Kier alpha value is -2.65. The van der Waals surface area contributed by atoms with Crippen molar-refractivity contribution in [3.8, 4) is 0 Å². The fraction of sp³-hybridized carbons (Fsp3) is 0.483. The van der Waals surface area contributed by atoms with Crippen LogP contribution in [0, 0.1) is 107 Å². The maximum absolute atomic E-state index is 4.94. The van der Waals surface area contributed by atoms with Gasteiger partial charge in [0.05, 0.1) is 17.1 Å². The molecule has 5 aromatic rings. The molecule has 1 radical (unpaired) electrons. The van der Waals surface area contributed by atoms with E-state index in [1.165, 1.54) is 12.8 Å². The average Bonchev–Trinajstić information content (AvgIpc) is 3.74. The summed E-state index contributed by atoms with van der Waals surface area (Å²) in [5, 5.41) is 29.2. The fourth-order valence-electron chi connectivity index (χ4n) is 4.81. The van der Waals surface area contributed by atoms with E-state index < -0.39 is 7.12 Å². The average molecular weight is 722 g/mol. The first-order valence-electron chi connectivity index (χ1n) is 14.1. The summed E-state index contributed by atoms with van der Waals surface area (Å²) in [6.07, 6.45) is 2.56. The first-order chi connectivity index (χ1) is 19.4. The van der Waals surface area contributed by atoms with Crippen LogP contribution in [0.25, 0.3) is 0 Å². The molecule has 0 atom stereocenters. The van der Waals surface area contributed by atoms with E-state index in [9.17, 15) is 0 Å². The maximum Gasteiger partial charge on any atom is 3.00 e. The molecular weight excluding hydrogens is 678 g/mol. The van der Waals surface area contributed by atoms with Crippen LogP contribution in [-0.4, -0.2) is 59.6 Å². The molecule has 1 saturated heterocycles. The molecule has 1 aliphatic rings. The van der Waals surface area contributed by atoms with Gasteiger partial charge in [-0.3, -0.25) is 0 Å². The second-order valence-corrected chi connectivity index (χ2v) is 10.8. The third kappa shape index (κ3) is 10.6. The minimum atomic E-state index is -1.26. The Morgan fingerprint density at radius 1 is 0.548 bits per heavy atom. The van der Waals surface area contributed by atoms with Gasteiger partial charge in [-0.25, -0.2) is 15.3 Å². The molecule has 1 fully saturated rings. The molecule has 0 unspecified atom stereocenters. The zero-order valence-corrected chi connectivity index (χ0v) is 28.6. The van der Waals surface area contributed by atoms with Crippen molar-refractivity contribution >= 4 is 7.12 Å². The topological polar surface area (TPSA) is 117 Å². The summed E-state index contributed by atoms with van der Waals surface area (Å²) in [4.78, 5) is 0. The van der Waals surface area contributed by atoms with Crippen molar-refractivity contribution in [2.45, 2.75) is 82.1 Å². The first-order valence-corrected chi connectivity index (χ1v) is 14.1. The number of nitrogens with zero attached hydrogens (tertiary/aromatic N) is 10. The monoisotopic (exact) mass is 723 g/mol. The van der Waals surface area contributed by atoms with Crippen LogP contribution in [0.4, 0.5) is 0 Å². The summed E-state index contributed by atoms with van der Waals surface area (Å²) in [6, 6.07) is 10.2. The molecule has 0 aliphatic carbocycles. The Labute approximate surface area is 280 Å². The van der Waals surface area contributed by atoms with E-state index in [0.717, 1.165) is 70.2 Å². The van der Waals surface area contributed by atoms with Crippen LogP contribution in [0.2, 0.25) is 0 Å². The van der Waals surface area contributed by atoms with Gasteiger partial charge >= 0.3 is 45.3 Å². The van der Waals surface area contributed by atoms with Crippen LogP contribution in [0.1, 0.15) is 69.8 Å². The van der Waals surface area contributed by atoms with Gasteiger partial charge in [-0.15, -0.1) is 11.4 Å². The van der Waals surface area contributed by atoms with Gasteiger partial charge in [0.15, 0.2) is 0 Å². The molecular formula is C29H44BDyN10O. The molecule has 6 heterocycles. The Bertz CT molecular complexity index is 1320. The van der Waals surface area contributed by atoms with Crippen LogP contribution in [0.3, 0.4) is 0 Å². The summed E-state index contributed by atoms with van der Waals surface area (Å²) in [7, 11) is -1.26. The molecule has 229 valence electrons. The molecule has 0 aromatic carbocycles. The van der Waals surface area contributed by atoms with Gasteiger partial charge in [0.25, 0.3) is 0 Å². The van der Waals surface area contributed by atoms with Gasteiger partial charge in [0.2, 0.25) is 0 Å². The van der Waals surface area contributed by atoms with Crippen molar-refractivity contribution in [2.75, 3.05) is 13.2 Å². The van der Waals surface area contributed by atoms with E-state index in [-0.39, 0.29) is 38.2 Å². The maximum atomic E-state index is 4.94. The number of aryl methyl sites for hydroxylation is 10. The molecule has 6 rings (SSSR count). The van der Waals surface area contributed by atoms with E-state index in [1.54, 1.807) is 0 Å². The first kappa shape index (κ1) is 35.5. The largest absolute Gasteiger partial charge is 3.00 e. The molecule has 11 nitrogen and oxygen atoms in total. The van der Waals surface area contributed by atoms with E-state index in [1.807, 2.05) is 60.6 Å². The van der Waals surface area contributed by atoms with Gasteiger partial charge in [-0.05, 0) is 104 Å². The van der Waals surface area contributed by atoms with E-state index in [2.05, 4.69) is 73.1 Å². The zero-order chi connectivity index (χ0) is 30.1. The van der Waals surface area contributed by atoms with Gasteiger partial charge in [0.1, 0.15) is 0 Å². The molecule has 42 heavy (non-hydrogen) atoms. The van der Waals surface area contributed by atoms with Crippen LogP contribution >= 0.6 is 0 Å². The predicted molar refractivity (Wildman–Crippen MR) is 163 cm³/mol. The Balaban J connectivity index is 0.000000249. The van der Waals surface area contributed by atoms with Crippen LogP contribution in [-0.2, 0) is 4.74 Å². The van der Waals surface area contributed by atoms with Crippen molar-refractivity contribution in [3.05, 3.63) is 87.3 Å². The zero-order valence-electron chi connectivity index (χ0n) is 26.6. The smallest absolute Gasteiger partial charge is 0.579 e. The van der Waals surface area contributed by atoms with Crippen molar-refractivity contribution in [1.82, 2.24) is 49.5 Å². The van der Waals surface area contributed by atoms with Crippen molar-refractivity contribution in [2.24, 2.45) is 0 Å². The number of ether oxygens (including phenoxy) is 1. The second kappa shape index (κ2) is 16.8. The third-order valence-electron chi connectivity index (χ3n) is 6.51. The summed E-state index contributed by atoms with van der Waals surface area (Å²) < 4.78 is 11.1. The Morgan fingerprint density at radius 2 is 0.881 bits per heavy atom. The number of hydrogen-bond acceptors (Lipinski definition) is 6. The molecule has 0 saturated carbocycles. The minimum Gasteiger partial charge on any atom is -0.579 e. The fourth-order valence-corrected chi connectivity index (χ4v) is 4.81. The van der Waals surface area contributed by atoms with E-state index >= 15 is 0 Å². The molecule has 0 bridgehead atoms. The van der Waals surface area contributed by atoms with Crippen LogP contribution in [0.5, 0.6) is 0 Å². The van der Waals surface area contributed by atoms with Crippen molar-refractivity contribution in [3.63, 3.8) is 0 Å². The van der Waals surface area contributed by atoms with E-state index in [0.29, 0.717) is 0 Å². The van der Waals surface area contributed by atoms with Crippen LogP contribution < -0.4 is 10.2 Å². The standard InChI is InChI=1S/C15H22BN6.2C5H7N2.C4H8O.Dy/c1-10-7-13(4)20(17-10)16(21-14(5)8-11(2)18-21)22-15(6)9-12(3)19-22;2*1-4-3-5(2)7-6-4;1-2-4-5-3-1;/h7-9,16H,1-6H3;2*3H,1-2H3;1-4H2;/q3*-1;;+3. The summed E-state index contributed by atoms with van der Waals surface area (Å²) in [5.74, 6) is 0. The van der Waals surface area contributed by atoms with Crippen molar-refractivity contribution in [1.29, 1.82) is 0 Å². The van der Waals surface area contributed by atoms with Gasteiger partial charge < -0.3 is 38.9 Å². The number of aromatic nitrogens is 10. The van der Waals surface area contributed by atoms with Crippen molar-refractivity contribution < 1.29 is 42.9 Å². The minimum absolute atomic E-state index is 0. The summed E-state index contributed by atoms with van der Waals surface area (Å²) >= 11 is 0. The normalized spacial score (nSPS) is 12.1. The van der Waals surface area contributed by atoms with Gasteiger partial charge in [-0.2, -0.15) is 0 Å². The number of hydrogen-bond donors (Lipinski definition) is 0. The Kier molecular flexibility index (Phi) is 14.3. The SMILES string of the molecule is C1CCOC1.Cc1cc(C)[n-]n1.Cc1cc(C)[n-]n1.Cc1cc(C)n([BH-](n2nc(C)cc2C)n2nc(C)cc2C)n1.[Dy+3]. The Morgan fingerprint density at radius 3 is 1.02 bits per heavy atom. The quantitative estimate of drug-likeness (QED) is 0.258. The molecule has 0 N–H and O–H groups in total. The molecule has 1 aliphatic heterocycles. The van der Waals surface area contributed by atoms with Crippen LogP contribution in [0.15, 0.2) is 30.3 Å². The summed E-state index contributed by atoms with van der Waals surface area (Å²) in [6.45, 7) is 22.0. The third-order valence-corrected chi connectivity index (χ3v) is 6.51. The second-order valence-electron chi connectivity index (χ2n) is 10.8. The van der Waals surface area contributed by atoms with Gasteiger partial charge in [0, 0.05) is 24.6 Å². The molecule has 0 spiro atoms. The molecule has 5 aromatic heterocycles. The van der Waals surface area contributed by atoms with Gasteiger partial charge in [-0.1, -0.05) is 26.0 Å². The summed E-state index contributed by atoms with van der Waals surface area (Å²) in [5.41, 5.74) is 10.4.